The van der Waals surface area contributed by atoms with E-state index in [1.54, 1.807) is 11.9 Å². The molecule has 1 aliphatic rings. The molecule has 0 aliphatic carbocycles. The van der Waals surface area contributed by atoms with Crippen molar-refractivity contribution < 1.29 is 4.79 Å². The number of hydrogen-bond donors (Lipinski definition) is 1. The van der Waals surface area contributed by atoms with Crippen molar-refractivity contribution in [2.75, 3.05) is 13.6 Å². The number of hydrogen-bond acceptors (Lipinski definition) is 3. The predicted octanol–water partition coefficient (Wildman–Crippen LogP) is 1.49. The van der Waals surface area contributed by atoms with Crippen LogP contribution >= 0.6 is 15.9 Å². The number of aliphatic imine (C=N–C) groups is 1. The van der Waals surface area contributed by atoms with Crippen LogP contribution in [0.25, 0.3) is 0 Å². The molecule has 1 aromatic carbocycles. The van der Waals surface area contributed by atoms with Crippen molar-refractivity contribution in [3.8, 4) is 0 Å². The number of likely N-dealkylation sites (N-methyl/N-ethyl adjacent to an activating group) is 1. The number of carbonyl (C=O) groups is 1. The van der Waals surface area contributed by atoms with E-state index in [1.165, 1.54) is 0 Å². The van der Waals surface area contributed by atoms with E-state index in [-0.39, 0.29) is 11.7 Å². The second kappa shape index (κ2) is 4.14. The number of halogens is 1. The van der Waals surface area contributed by atoms with Crippen LogP contribution in [0.2, 0.25) is 0 Å². The van der Waals surface area contributed by atoms with Crippen LogP contribution in [0, 0.1) is 0 Å². The van der Waals surface area contributed by atoms with Gasteiger partial charge in [0.05, 0.1) is 0 Å². The fraction of sp³-hybridized carbons (Fsp3) is 0.333. The van der Waals surface area contributed by atoms with Crippen LogP contribution in [0.4, 0.5) is 0 Å². The summed E-state index contributed by atoms with van der Waals surface area (Å²) in [5, 5.41) is 0. The summed E-state index contributed by atoms with van der Waals surface area (Å²) in [4.78, 5) is 17.5. The minimum atomic E-state index is -0.476. The van der Waals surface area contributed by atoms with Crippen molar-refractivity contribution in [2.24, 2.45) is 10.7 Å². The Morgan fingerprint density at radius 2 is 2.24 bits per heavy atom. The van der Waals surface area contributed by atoms with Crippen LogP contribution in [-0.2, 0) is 10.3 Å². The zero-order valence-corrected chi connectivity index (χ0v) is 11.4. The van der Waals surface area contributed by atoms with Crippen LogP contribution in [0.15, 0.2) is 33.7 Å². The van der Waals surface area contributed by atoms with E-state index >= 15 is 0 Å². The molecule has 0 fully saturated rings. The monoisotopic (exact) mass is 295 g/mol. The van der Waals surface area contributed by atoms with Crippen molar-refractivity contribution in [1.29, 1.82) is 0 Å². The molecule has 1 unspecified atom stereocenters. The third kappa shape index (κ3) is 2.20. The topological polar surface area (TPSA) is 58.7 Å². The number of nitrogens with zero attached hydrogens (tertiary/aromatic N) is 2. The summed E-state index contributed by atoms with van der Waals surface area (Å²) in [6.07, 6.45) is 0. The lowest BCUT2D eigenvalue weighted by Crippen LogP contribution is -2.50. The van der Waals surface area contributed by atoms with Crippen LogP contribution in [-0.4, -0.2) is 30.2 Å². The van der Waals surface area contributed by atoms with Crippen molar-refractivity contribution in [3.05, 3.63) is 34.3 Å². The summed E-state index contributed by atoms with van der Waals surface area (Å²) in [6, 6.07) is 7.90. The van der Waals surface area contributed by atoms with Crippen LogP contribution in [0.1, 0.15) is 12.5 Å². The number of rotatable bonds is 1. The molecule has 1 amide bonds. The Balaban J connectivity index is 2.47. The SMILES string of the molecule is CN1CC(C)(c2cccc(Br)c2)N=C(N)C1=O. The van der Waals surface area contributed by atoms with Gasteiger partial charge in [-0.2, -0.15) is 0 Å². The van der Waals surface area contributed by atoms with E-state index in [9.17, 15) is 4.79 Å². The fourth-order valence-corrected chi connectivity index (χ4v) is 2.46. The molecule has 0 radical (unpaired) electrons. The number of carbonyl (C=O) groups excluding carboxylic acids is 1. The molecule has 4 nitrogen and oxygen atoms in total. The first-order valence-corrected chi connectivity index (χ1v) is 6.08. The minimum absolute atomic E-state index is 0.0706. The Kier molecular flexibility index (Phi) is 2.95. The van der Waals surface area contributed by atoms with E-state index in [0.717, 1.165) is 10.0 Å². The molecule has 2 N–H and O–H groups in total. The van der Waals surface area contributed by atoms with Gasteiger partial charge >= 0.3 is 0 Å². The van der Waals surface area contributed by atoms with Gasteiger partial charge in [0, 0.05) is 18.1 Å². The molecule has 0 bridgehead atoms. The Morgan fingerprint density at radius 3 is 2.82 bits per heavy atom. The van der Waals surface area contributed by atoms with Crippen molar-refractivity contribution >= 4 is 27.7 Å². The Bertz CT molecular complexity index is 500. The predicted molar refractivity (Wildman–Crippen MR) is 70.8 cm³/mol. The zero-order valence-electron chi connectivity index (χ0n) is 9.77. The molecule has 0 aromatic heterocycles. The molecule has 90 valence electrons. The highest BCUT2D eigenvalue weighted by molar-refractivity contribution is 9.10. The second-order valence-corrected chi connectivity index (χ2v) is 5.36. The van der Waals surface area contributed by atoms with E-state index < -0.39 is 5.54 Å². The molecule has 1 heterocycles. The van der Waals surface area contributed by atoms with Crippen molar-refractivity contribution in [2.45, 2.75) is 12.5 Å². The molecule has 0 spiro atoms. The summed E-state index contributed by atoms with van der Waals surface area (Å²) in [6.45, 7) is 2.51. The van der Waals surface area contributed by atoms with Gasteiger partial charge in [0.1, 0.15) is 5.54 Å². The highest BCUT2D eigenvalue weighted by Crippen LogP contribution is 2.30. The van der Waals surface area contributed by atoms with Gasteiger partial charge in [0.15, 0.2) is 5.84 Å². The lowest BCUT2D eigenvalue weighted by Gasteiger charge is -2.35. The summed E-state index contributed by atoms with van der Waals surface area (Å²) in [5.74, 6) is -0.140. The van der Waals surface area contributed by atoms with Crippen molar-refractivity contribution in [1.82, 2.24) is 4.90 Å². The summed E-state index contributed by atoms with van der Waals surface area (Å²) >= 11 is 3.43. The molecule has 0 saturated heterocycles. The lowest BCUT2D eigenvalue weighted by molar-refractivity contribution is -0.124. The van der Waals surface area contributed by atoms with Gasteiger partial charge < -0.3 is 10.6 Å². The van der Waals surface area contributed by atoms with E-state index in [2.05, 4.69) is 20.9 Å². The highest BCUT2D eigenvalue weighted by atomic mass is 79.9. The zero-order chi connectivity index (χ0) is 12.6. The molecule has 1 atom stereocenters. The first kappa shape index (κ1) is 12.1. The first-order valence-electron chi connectivity index (χ1n) is 5.29. The lowest BCUT2D eigenvalue weighted by atomic mass is 9.91. The van der Waals surface area contributed by atoms with Crippen molar-refractivity contribution in [3.63, 3.8) is 0 Å². The van der Waals surface area contributed by atoms with E-state index in [0.29, 0.717) is 6.54 Å². The number of amidine groups is 1. The molecule has 17 heavy (non-hydrogen) atoms. The summed E-state index contributed by atoms with van der Waals surface area (Å²) in [7, 11) is 1.74. The van der Waals surface area contributed by atoms with Crippen LogP contribution in [0.3, 0.4) is 0 Å². The van der Waals surface area contributed by atoms with Gasteiger partial charge in [-0.3, -0.25) is 9.79 Å². The number of nitrogens with two attached hydrogens (primary N) is 1. The van der Waals surface area contributed by atoms with E-state index in [4.69, 9.17) is 5.73 Å². The van der Waals surface area contributed by atoms with Gasteiger partial charge in [-0.1, -0.05) is 28.1 Å². The Morgan fingerprint density at radius 1 is 1.53 bits per heavy atom. The normalized spacial score (nSPS) is 24.8. The largest absolute Gasteiger partial charge is 0.379 e. The van der Waals surface area contributed by atoms with Gasteiger partial charge in [0.2, 0.25) is 0 Å². The number of amides is 1. The molecular formula is C12H14BrN3O. The molecule has 2 rings (SSSR count). The molecule has 1 aliphatic heterocycles. The molecule has 1 aromatic rings. The minimum Gasteiger partial charge on any atom is -0.379 e. The smallest absolute Gasteiger partial charge is 0.288 e. The Labute approximate surface area is 109 Å². The average Bonchev–Trinajstić information content (AvgIpc) is 2.26. The summed E-state index contributed by atoms with van der Waals surface area (Å²) in [5.41, 5.74) is 6.23. The third-order valence-electron chi connectivity index (χ3n) is 2.92. The Hall–Kier alpha value is -1.36. The van der Waals surface area contributed by atoms with Gasteiger partial charge in [-0.05, 0) is 24.6 Å². The van der Waals surface area contributed by atoms with Gasteiger partial charge in [0.25, 0.3) is 5.91 Å². The third-order valence-corrected chi connectivity index (χ3v) is 3.42. The maximum absolute atomic E-state index is 11.6. The first-order chi connectivity index (χ1) is 7.92. The molecule has 5 heteroatoms. The average molecular weight is 296 g/mol. The number of benzene rings is 1. The highest BCUT2D eigenvalue weighted by Gasteiger charge is 2.35. The van der Waals surface area contributed by atoms with Crippen LogP contribution < -0.4 is 5.73 Å². The molecular weight excluding hydrogens is 282 g/mol. The van der Waals surface area contributed by atoms with Gasteiger partial charge in [-0.25, -0.2) is 0 Å². The maximum Gasteiger partial charge on any atom is 0.288 e. The maximum atomic E-state index is 11.6. The molecule has 0 saturated carbocycles. The van der Waals surface area contributed by atoms with E-state index in [1.807, 2.05) is 31.2 Å². The quantitative estimate of drug-likeness (QED) is 0.853. The van der Waals surface area contributed by atoms with Crippen LogP contribution in [0.5, 0.6) is 0 Å². The fourth-order valence-electron chi connectivity index (χ4n) is 2.06. The summed E-state index contributed by atoms with van der Waals surface area (Å²) < 4.78 is 0.990. The standard InChI is InChI=1S/C12H14BrN3O/c1-12(8-4-3-5-9(13)6-8)7-16(2)11(17)10(14)15-12/h3-6H,7H2,1-2H3,(H2,14,15). The second-order valence-electron chi connectivity index (χ2n) is 4.44. The van der Waals surface area contributed by atoms with Gasteiger partial charge in [-0.15, -0.1) is 0 Å².